The summed E-state index contributed by atoms with van der Waals surface area (Å²) in [6, 6.07) is 12.7. The molecule has 0 aliphatic carbocycles. The van der Waals surface area contributed by atoms with Gasteiger partial charge in [-0.15, -0.1) is 0 Å². The lowest BCUT2D eigenvalue weighted by molar-refractivity contribution is -0.138. The molecule has 128 valence electrons. The van der Waals surface area contributed by atoms with Gasteiger partial charge in [0.25, 0.3) is 0 Å². The van der Waals surface area contributed by atoms with Crippen LogP contribution < -0.4 is 14.2 Å². The molecule has 0 saturated heterocycles. The molecule has 0 aliphatic rings. The van der Waals surface area contributed by atoms with E-state index in [1.54, 1.807) is 38.5 Å². The highest BCUT2D eigenvalue weighted by Gasteiger charge is 2.18. The van der Waals surface area contributed by atoms with Crippen molar-refractivity contribution in [1.82, 2.24) is 0 Å². The molecule has 0 saturated carbocycles. The Labute approximate surface area is 141 Å². The smallest absolute Gasteiger partial charge is 0.310 e. The fourth-order valence-corrected chi connectivity index (χ4v) is 2.60. The van der Waals surface area contributed by atoms with E-state index < -0.39 is 11.9 Å². The number of methoxy groups -OCH3 is 2. The van der Waals surface area contributed by atoms with Crippen molar-refractivity contribution >= 4 is 5.97 Å². The maximum Gasteiger partial charge on any atom is 0.310 e. The first-order valence-corrected chi connectivity index (χ1v) is 7.76. The Morgan fingerprint density at radius 3 is 2.25 bits per heavy atom. The summed E-state index contributed by atoms with van der Waals surface area (Å²) in [4.78, 5) is 11.3. The molecule has 0 bridgehead atoms. The molecule has 2 aromatic carbocycles. The first-order valence-electron chi connectivity index (χ1n) is 7.76. The number of carboxylic acids is 1. The lowest BCUT2D eigenvalue weighted by Gasteiger charge is -2.15. The van der Waals surface area contributed by atoms with Crippen molar-refractivity contribution in [2.45, 2.75) is 25.9 Å². The van der Waals surface area contributed by atoms with E-state index in [4.69, 9.17) is 14.2 Å². The van der Waals surface area contributed by atoms with Crippen LogP contribution in [-0.4, -0.2) is 25.3 Å². The first-order chi connectivity index (χ1) is 11.6. The Morgan fingerprint density at radius 2 is 1.71 bits per heavy atom. The maximum absolute atomic E-state index is 11.3. The second kappa shape index (κ2) is 8.24. The molecule has 5 heteroatoms. The fourth-order valence-electron chi connectivity index (χ4n) is 2.60. The van der Waals surface area contributed by atoms with Crippen LogP contribution in [0.4, 0.5) is 0 Å². The van der Waals surface area contributed by atoms with Crippen molar-refractivity contribution in [3.8, 4) is 17.2 Å². The third-order valence-electron chi connectivity index (χ3n) is 3.88. The second-order valence-corrected chi connectivity index (χ2v) is 5.30. The van der Waals surface area contributed by atoms with Crippen LogP contribution in [0.1, 0.15) is 30.4 Å². The monoisotopic (exact) mass is 330 g/mol. The largest absolute Gasteiger partial charge is 0.496 e. The van der Waals surface area contributed by atoms with Gasteiger partial charge in [0.2, 0.25) is 0 Å². The zero-order valence-electron chi connectivity index (χ0n) is 14.1. The standard InChI is InChI=1S/C19H22O5/c1-4-15(19(20)21)13-7-5-8-14(11-13)24-12-16-17(22-2)9-6-10-18(16)23-3/h5-11,15H,4,12H2,1-3H3,(H,20,21). The topological polar surface area (TPSA) is 65.0 Å². The second-order valence-electron chi connectivity index (χ2n) is 5.30. The van der Waals surface area contributed by atoms with Gasteiger partial charge in [0.1, 0.15) is 23.9 Å². The average Bonchev–Trinajstić information content (AvgIpc) is 2.60. The third-order valence-corrected chi connectivity index (χ3v) is 3.88. The molecule has 1 unspecified atom stereocenters. The van der Waals surface area contributed by atoms with E-state index >= 15 is 0 Å². The summed E-state index contributed by atoms with van der Waals surface area (Å²) in [5, 5.41) is 9.29. The van der Waals surface area contributed by atoms with Gasteiger partial charge in [-0.3, -0.25) is 4.79 Å². The summed E-state index contributed by atoms with van der Waals surface area (Å²) in [6.45, 7) is 2.12. The number of aliphatic carboxylic acids is 1. The predicted octanol–water partition coefficient (Wildman–Crippen LogP) is 3.86. The summed E-state index contributed by atoms with van der Waals surface area (Å²) >= 11 is 0. The number of rotatable bonds is 8. The van der Waals surface area contributed by atoms with E-state index in [1.807, 2.05) is 25.1 Å². The minimum absolute atomic E-state index is 0.264. The molecule has 5 nitrogen and oxygen atoms in total. The molecule has 2 aromatic rings. The number of hydrogen-bond donors (Lipinski definition) is 1. The van der Waals surface area contributed by atoms with Crippen LogP contribution in [0.3, 0.4) is 0 Å². The van der Waals surface area contributed by atoms with Crippen LogP contribution in [0, 0.1) is 0 Å². The molecular weight excluding hydrogens is 308 g/mol. The van der Waals surface area contributed by atoms with Crippen LogP contribution in [0.5, 0.6) is 17.2 Å². The van der Waals surface area contributed by atoms with E-state index in [2.05, 4.69) is 0 Å². The van der Waals surface area contributed by atoms with Crippen LogP contribution in [-0.2, 0) is 11.4 Å². The van der Waals surface area contributed by atoms with Crippen molar-refractivity contribution in [3.63, 3.8) is 0 Å². The highest BCUT2D eigenvalue weighted by Crippen LogP contribution is 2.30. The normalized spacial score (nSPS) is 11.6. The summed E-state index contributed by atoms with van der Waals surface area (Å²) < 4.78 is 16.5. The van der Waals surface area contributed by atoms with Gasteiger partial charge in [-0.05, 0) is 36.2 Å². The summed E-state index contributed by atoms with van der Waals surface area (Å²) in [5.41, 5.74) is 1.53. The molecule has 0 heterocycles. The molecule has 0 radical (unpaired) electrons. The Hall–Kier alpha value is -2.69. The van der Waals surface area contributed by atoms with Crippen molar-refractivity contribution in [2.24, 2.45) is 0 Å². The van der Waals surface area contributed by atoms with E-state index in [1.165, 1.54) is 0 Å². The van der Waals surface area contributed by atoms with Gasteiger partial charge in [0, 0.05) is 0 Å². The molecule has 1 atom stereocenters. The highest BCUT2D eigenvalue weighted by atomic mass is 16.5. The van der Waals surface area contributed by atoms with Gasteiger partial charge >= 0.3 is 5.97 Å². The van der Waals surface area contributed by atoms with Gasteiger partial charge < -0.3 is 19.3 Å². The molecule has 1 N–H and O–H groups in total. The summed E-state index contributed by atoms with van der Waals surface area (Å²) in [5.74, 6) is 0.612. The van der Waals surface area contributed by atoms with Crippen molar-refractivity contribution in [1.29, 1.82) is 0 Å². The minimum atomic E-state index is -0.832. The highest BCUT2D eigenvalue weighted by molar-refractivity contribution is 5.76. The minimum Gasteiger partial charge on any atom is -0.496 e. The van der Waals surface area contributed by atoms with Gasteiger partial charge in [-0.1, -0.05) is 25.1 Å². The molecule has 0 aliphatic heterocycles. The van der Waals surface area contributed by atoms with Crippen molar-refractivity contribution in [2.75, 3.05) is 14.2 Å². The van der Waals surface area contributed by atoms with Crippen LogP contribution >= 0.6 is 0 Å². The number of carboxylic acid groups (broad SMARTS) is 1. The maximum atomic E-state index is 11.3. The molecule has 0 fully saturated rings. The van der Waals surface area contributed by atoms with E-state index in [0.717, 1.165) is 11.1 Å². The molecule has 0 aromatic heterocycles. The van der Waals surface area contributed by atoms with Gasteiger partial charge in [-0.2, -0.15) is 0 Å². The fraction of sp³-hybridized carbons (Fsp3) is 0.316. The summed E-state index contributed by atoms with van der Waals surface area (Å²) in [6.07, 6.45) is 0.527. The van der Waals surface area contributed by atoms with E-state index in [-0.39, 0.29) is 6.61 Å². The summed E-state index contributed by atoms with van der Waals surface area (Å²) in [7, 11) is 3.19. The predicted molar refractivity (Wildman–Crippen MR) is 91.0 cm³/mol. The Balaban J connectivity index is 2.20. The Kier molecular flexibility index (Phi) is 6.07. The first kappa shape index (κ1) is 17.7. The lowest BCUT2D eigenvalue weighted by Crippen LogP contribution is -2.10. The van der Waals surface area contributed by atoms with Gasteiger partial charge in [-0.25, -0.2) is 0 Å². The molecular formula is C19H22O5. The zero-order chi connectivity index (χ0) is 17.5. The molecule has 2 rings (SSSR count). The number of carbonyl (C=O) groups is 1. The Bertz CT molecular complexity index is 674. The molecule has 0 spiro atoms. The quantitative estimate of drug-likeness (QED) is 0.796. The third kappa shape index (κ3) is 3.98. The molecule has 0 amide bonds. The number of ether oxygens (including phenoxy) is 3. The molecule has 24 heavy (non-hydrogen) atoms. The Morgan fingerprint density at radius 1 is 1.08 bits per heavy atom. The van der Waals surface area contributed by atoms with Crippen LogP contribution in [0.2, 0.25) is 0 Å². The number of hydrogen-bond acceptors (Lipinski definition) is 4. The SMILES string of the molecule is CCC(C(=O)O)c1cccc(OCc2c(OC)cccc2OC)c1. The van der Waals surface area contributed by atoms with E-state index in [0.29, 0.717) is 23.7 Å². The van der Waals surface area contributed by atoms with Gasteiger partial charge in [0.05, 0.1) is 25.7 Å². The number of benzene rings is 2. The van der Waals surface area contributed by atoms with Crippen LogP contribution in [0.25, 0.3) is 0 Å². The van der Waals surface area contributed by atoms with Crippen molar-refractivity contribution in [3.05, 3.63) is 53.6 Å². The van der Waals surface area contributed by atoms with Gasteiger partial charge in [0.15, 0.2) is 0 Å². The zero-order valence-corrected chi connectivity index (χ0v) is 14.1. The van der Waals surface area contributed by atoms with Crippen molar-refractivity contribution < 1.29 is 24.1 Å². The van der Waals surface area contributed by atoms with E-state index in [9.17, 15) is 9.90 Å². The van der Waals surface area contributed by atoms with Crippen LogP contribution in [0.15, 0.2) is 42.5 Å². The lowest BCUT2D eigenvalue weighted by atomic mass is 9.96. The average molecular weight is 330 g/mol.